The second-order valence-electron chi connectivity index (χ2n) is 5.44. The van der Waals surface area contributed by atoms with Crippen LogP contribution in [0.5, 0.6) is 0 Å². The van der Waals surface area contributed by atoms with E-state index in [-0.39, 0.29) is 17.8 Å². The van der Waals surface area contributed by atoms with E-state index in [0.29, 0.717) is 13.0 Å². The van der Waals surface area contributed by atoms with Gasteiger partial charge in [0, 0.05) is 6.54 Å². The number of benzene rings is 1. The molecule has 2 rings (SSSR count). The molecule has 1 fully saturated rings. The van der Waals surface area contributed by atoms with E-state index in [1.54, 1.807) is 4.90 Å². The van der Waals surface area contributed by atoms with Crippen molar-refractivity contribution in [3.05, 3.63) is 35.9 Å². The van der Waals surface area contributed by atoms with Gasteiger partial charge in [-0.25, -0.2) is 4.79 Å². The molecule has 1 heterocycles. The van der Waals surface area contributed by atoms with Crippen LogP contribution in [0.4, 0.5) is 0 Å². The van der Waals surface area contributed by atoms with E-state index in [4.69, 9.17) is 4.74 Å². The van der Waals surface area contributed by atoms with Crippen LogP contribution in [0.2, 0.25) is 0 Å². The van der Waals surface area contributed by atoms with Crippen molar-refractivity contribution in [3.63, 3.8) is 0 Å². The first kappa shape index (κ1) is 15.5. The molecule has 0 saturated carbocycles. The highest BCUT2D eigenvalue weighted by atomic mass is 16.5. The molecule has 1 aliphatic heterocycles. The first-order chi connectivity index (χ1) is 10.2. The molecule has 2 unspecified atom stereocenters. The average molecular weight is 289 g/mol. The van der Waals surface area contributed by atoms with Gasteiger partial charge in [-0.05, 0) is 31.2 Å². The van der Waals surface area contributed by atoms with E-state index in [1.807, 2.05) is 37.3 Å². The molecule has 0 spiro atoms. The van der Waals surface area contributed by atoms with Crippen molar-refractivity contribution in [2.45, 2.75) is 44.6 Å². The molecule has 1 aliphatic rings. The minimum atomic E-state index is -0.422. The summed E-state index contributed by atoms with van der Waals surface area (Å²) in [6, 6.07) is 9.36. The van der Waals surface area contributed by atoms with Gasteiger partial charge in [0.15, 0.2) is 0 Å². The van der Waals surface area contributed by atoms with Gasteiger partial charge in [-0.2, -0.15) is 0 Å². The van der Waals surface area contributed by atoms with Gasteiger partial charge < -0.3 is 9.64 Å². The Morgan fingerprint density at radius 3 is 2.62 bits per heavy atom. The lowest BCUT2D eigenvalue weighted by Gasteiger charge is -2.36. The number of amides is 1. The highest BCUT2D eigenvalue weighted by molar-refractivity contribution is 5.88. The molecule has 0 aliphatic carbocycles. The Morgan fingerprint density at radius 1 is 1.29 bits per heavy atom. The number of nitrogens with zero attached hydrogens (tertiary/aromatic N) is 1. The normalized spacial score (nSPS) is 19.9. The highest BCUT2D eigenvalue weighted by Crippen LogP contribution is 2.27. The minimum Gasteiger partial charge on any atom is -0.467 e. The number of ether oxygens (including phenoxy) is 1. The number of carbonyl (C=O) groups is 2. The Bertz CT molecular complexity index is 486. The van der Waals surface area contributed by atoms with Crippen LogP contribution in [0.3, 0.4) is 0 Å². The first-order valence-electron chi connectivity index (χ1n) is 7.62. The lowest BCUT2D eigenvalue weighted by molar-refractivity contribution is -0.155. The number of carbonyl (C=O) groups excluding carboxylic acids is 2. The SMILES string of the molecule is CCC(C(=O)N1CCCCC1C(=O)OC)c1ccccc1. The zero-order valence-corrected chi connectivity index (χ0v) is 12.7. The van der Waals surface area contributed by atoms with Crippen LogP contribution in [-0.2, 0) is 14.3 Å². The third-order valence-electron chi connectivity index (χ3n) is 4.17. The molecule has 114 valence electrons. The van der Waals surface area contributed by atoms with Crippen LogP contribution in [0, 0.1) is 0 Å². The lowest BCUT2D eigenvalue weighted by atomic mass is 9.92. The predicted molar refractivity (Wildman–Crippen MR) is 80.8 cm³/mol. The Labute approximate surface area is 126 Å². The second-order valence-corrected chi connectivity index (χ2v) is 5.44. The maximum Gasteiger partial charge on any atom is 0.328 e. The fourth-order valence-corrected chi connectivity index (χ4v) is 3.01. The molecule has 1 aromatic rings. The molecule has 1 aromatic carbocycles. The van der Waals surface area contributed by atoms with Crippen molar-refractivity contribution in [1.82, 2.24) is 4.90 Å². The van der Waals surface area contributed by atoms with Crippen molar-refractivity contribution in [3.8, 4) is 0 Å². The van der Waals surface area contributed by atoms with Crippen molar-refractivity contribution in [2.75, 3.05) is 13.7 Å². The van der Waals surface area contributed by atoms with Crippen molar-refractivity contribution in [1.29, 1.82) is 0 Å². The molecule has 4 heteroatoms. The van der Waals surface area contributed by atoms with Crippen LogP contribution in [0.25, 0.3) is 0 Å². The van der Waals surface area contributed by atoms with Gasteiger partial charge in [0.2, 0.25) is 5.91 Å². The van der Waals surface area contributed by atoms with Gasteiger partial charge in [0.1, 0.15) is 6.04 Å². The quantitative estimate of drug-likeness (QED) is 0.801. The van der Waals surface area contributed by atoms with Crippen LogP contribution in [0.15, 0.2) is 30.3 Å². The van der Waals surface area contributed by atoms with Crippen LogP contribution >= 0.6 is 0 Å². The van der Waals surface area contributed by atoms with Crippen molar-refractivity contribution < 1.29 is 14.3 Å². The highest BCUT2D eigenvalue weighted by Gasteiger charge is 2.35. The Kier molecular flexibility index (Phi) is 5.37. The van der Waals surface area contributed by atoms with Gasteiger partial charge in [-0.3, -0.25) is 4.79 Å². The second kappa shape index (κ2) is 7.25. The zero-order chi connectivity index (χ0) is 15.2. The third kappa shape index (κ3) is 3.43. The summed E-state index contributed by atoms with van der Waals surface area (Å²) < 4.78 is 4.86. The number of likely N-dealkylation sites (tertiary alicyclic amines) is 1. The van der Waals surface area contributed by atoms with Crippen LogP contribution in [-0.4, -0.2) is 36.5 Å². The van der Waals surface area contributed by atoms with Gasteiger partial charge in [0.25, 0.3) is 0 Å². The van der Waals surface area contributed by atoms with E-state index >= 15 is 0 Å². The van der Waals surface area contributed by atoms with E-state index in [9.17, 15) is 9.59 Å². The summed E-state index contributed by atoms with van der Waals surface area (Å²) in [5, 5.41) is 0. The van der Waals surface area contributed by atoms with Crippen molar-refractivity contribution in [2.24, 2.45) is 0 Å². The molecule has 21 heavy (non-hydrogen) atoms. The Hall–Kier alpha value is -1.84. The monoisotopic (exact) mass is 289 g/mol. The summed E-state index contributed by atoms with van der Waals surface area (Å²) in [6.07, 6.45) is 3.34. The summed E-state index contributed by atoms with van der Waals surface area (Å²) in [5.41, 5.74) is 1.01. The molecule has 4 nitrogen and oxygen atoms in total. The molecular formula is C17H23NO3. The maximum absolute atomic E-state index is 12.9. The maximum atomic E-state index is 12.9. The van der Waals surface area contributed by atoms with E-state index in [1.165, 1.54) is 7.11 Å². The number of piperidine rings is 1. The molecule has 2 atom stereocenters. The summed E-state index contributed by atoms with van der Waals surface area (Å²) >= 11 is 0. The molecule has 0 aromatic heterocycles. The van der Waals surface area contributed by atoms with Gasteiger partial charge in [-0.1, -0.05) is 37.3 Å². The molecule has 0 N–H and O–H groups in total. The average Bonchev–Trinajstić information content (AvgIpc) is 2.55. The third-order valence-corrected chi connectivity index (χ3v) is 4.17. The smallest absolute Gasteiger partial charge is 0.328 e. The van der Waals surface area contributed by atoms with Gasteiger partial charge in [-0.15, -0.1) is 0 Å². The molecule has 0 radical (unpaired) electrons. The topological polar surface area (TPSA) is 46.6 Å². The number of methoxy groups -OCH3 is 1. The summed E-state index contributed by atoms with van der Waals surface area (Å²) in [6.45, 7) is 2.65. The Balaban J connectivity index is 2.21. The molecule has 0 bridgehead atoms. The molecular weight excluding hydrogens is 266 g/mol. The standard InChI is InChI=1S/C17H23NO3/c1-3-14(13-9-5-4-6-10-13)16(19)18-12-8-7-11-15(18)17(20)21-2/h4-6,9-10,14-15H,3,7-8,11-12H2,1-2H3. The number of hydrogen-bond acceptors (Lipinski definition) is 3. The predicted octanol–water partition coefficient (Wildman–Crippen LogP) is 2.73. The fraction of sp³-hybridized carbons (Fsp3) is 0.529. The lowest BCUT2D eigenvalue weighted by Crippen LogP contribution is -2.50. The first-order valence-corrected chi connectivity index (χ1v) is 7.62. The minimum absolute atomic E-state index is 0.0406. The molecule has 1 amide bonds. The summed E-state index contributed by atoms with van der Waals surface area (Å²) in [5.74, 6) is -0.443. The fourth-order valence-electron chi connectivity index (χ4n) is 3.01. The zero-order valence-electron chi connectivity index (χ0n) is 12.7. The van der Waals surface area contributed by atoms with Crippen LogP contribution < -0.4 is 0 Å². The summed E-state index contributed by atoms with van der Waals surface area (Å²) in [4.78, 5) is 26.5. The summed E-state index contributed by atoms with van der Waals surface area (Å²) in [7, 11) is 1.38. The van der Waals surface area contributed by atoms with Crippen molar-refractivity contribution >= 4 is 11.9 Å². The van der Waals surface area contributed by atoms with Crippen LogP contribution in [0.1, 0.15) is 44.1 Å². The Morgan fingerprint density at radius 2 is 2.00 bits per heavy atom. The van der Waals surface area contributed by atoms with Gasteiger partial charge >= 0.3 is 5.97 Å². The number of esters is 1. The van der Waals surface area contributed by atoms with E-state index < -0.39 is 6.04 Å². The van der Waals surface area contributed by atoms with E-state index in [2.05, 4.69) is 0 Å². The van der Waals surface area contributed by atoms with Gasteiger partial charge in [0.05, 0.1) is 13.0 Å². The van der Waals surface area contributed by atoms with E-state index in [0.717, 1.165) is 24.8 Å². The largest absolute Gasteiger partial charge is 0.467 e. The number of hydrogen-bond donors (Lipinski definition) is 0. The molecule has 1 saturated heterocycles. The number of rotatable bonds is 4.